The molecule has 0 radical (unpaired) electrons. The number of halogens is 1. The van der Waals surface area contributed by atoms with Crippen LogP contribution in [0.5, 0.6) is 0 Å². The molecule has 0 aliphatic carbocycles. The standard InChI is InChI=1S/C16H27N5OS.HI/c1-17-16(18-12-14-3-10-23-11-4-14)21-7-5-20(6-8-21)13-15-2-9-22-19-15;/h2,9,14H,3-8,10-13H2,1H3,(H,17,18);1H. The molecule has 0 spiro atoms. The zero-order valence-corrected chi connectivity index (χ0v) is 17.5. The average Bonchev–Trinajstić information content (AvgIpc) is 3.11. The number of nitrogens with zero attached hydrogens (tertiary/aromatic N) is 4. The fourth-order valence-electron chi connectivity index (χ4n) is 3.18. The topological polar surface area (TPSA) is 56.9 Å². The Morgan fingerprint density at radius 3 is 2.71 bits per heavy atom. The molecular weight excluding hydrogens is 437 g/mol. The van der Waals surface area contributed by atoms with Crippen LogP contribution in [0.4, 0.5) is 0 Å². The summed E-state index contributed by atoms with van der Waals surface area (Å²) in [5.41, 5.74) is 1.01. The van der Waals surface area contributed by atoms with E-state index in [-0.39, 0.29) is 24.0 Å². The summed E-state index contributed by atoms with van der Waals surface area (Å²) in [6.07, 6.45) is 4.31. The van der Waals surface area contributed by atoms with Gasteiger partial charge in [-0.05, 0) is 30.3 Å². The Morgan fingerprint density at radius 2 is 2.08 bits per heavy atom. The van der Waals surface area contributed by atoms with Gasteiger partial charge in [0.2, 0.25) is 0 Å². The van der Waals surface area contributed by atoms with Crippen LogP contribution in [0.3, 0.4) is 0 Å². The first kappa shape index (κ1) is 19.8. The summed E-state index contributed by atoms with van der Waals surface area (Å²) in [4.78, 5) is 9.27. The van der Waals surface area contributed by atoms with Gasteiger partial charge in [-0.15, -0.1) is 24.0 Å². The number of nitrogens with one attached hydrogen (secondary N) is 1. The van der Waals surface area contributed by atoms with Gasteiger partial charge in [0, 0.05) is 52.4 Å². The quantitative estimate of drug-likeness (QED) is 0.418. The van der Waals surface area contributed by atoms with Crippen LogP contribution in [0.1, 0.15) is 18.5 Å². The molecule has 2 fully saturated rings. The van der Waals surface area contributed by atoms with E-state index >= 15 is 0 Å². The summed E-state index contributed by atoms with van der Waals surface area (Å²) in [5.74, 6) is 4.49. The minimum atomic E-state index is 0. The molecule has 1 N–H and O–H groups in total. The first-order valence-corrected chi connectivity index (χ1v) is 9.65. The summed E-state index contributed by atoms with van der Waals surface area (Å²) < 4.78 is 4.90. The summed E-state index contributed by atoms with van der Waals surface area (Å²) in [7, 11) is 1.89. The summed E-state index contributed by atoms with van der Waals surface area (Å²) >= 11 is 2.08. The Balaban J connectivity index is 0.00000208. The number of thioether (sulfide) groups is 1. The summed E-state index contributed by atoms with van der Waals surface area (Å²) in [6.45, 7) is 6.03. The third kappa shape index (κ3) is 5.80. The zero-order chi connectivity index (χ0) is 15.9. The SMILES string of the molecule is CN=C(NCC1CCSCC1)N1CCN(Cc2ccon2)CC1.I. The molecule has 0 aromatic carbocycles. The molecule has 1 aromatic heterocycles. The Labute approximate surface area is 165 Å². The van der Waals surface area contributed by atoms with E-state index in [1.807, 2.05) is 13.1 Å². The van der Waals surface area contributed by atoms with Gasteiger partial charge in [0.1, 0.15) is 6.26 Å². The van der Waals surface area contributed by atoms with E-state index in [9.17, 15) is 0 Å². The molecule has 2 aliphatic heterocycles. The summed E-state index contributed by atoms with van der Waals surface area (Å²) in [6, 6.07) is 1.94. The molecule has 136 valence electrons. The number of hydrogen-bond donors (Lipinski definition) is 1. The van der Waals surface area contributed by atoms with Gasteiger partial charge in [-0.1, -0.05) is 5.16 Å². The van der Waals surface area contributed by atoms with E-state index in [2.05, 4.69) is 37.0 Å². The van der Waals surface area contributed by atoms with Crippen LogP contribution in [0.2, 0.25) is 0 Å². The highest BCUT2D eigenvalue weighted by Crippen LogP contribution is 2.21. The van der Waals surface area contributed by atoms with Gasteiger partial charge < -0.3 is 14.7 Å². The molecule has 0 atom stereocenters. The normalized spacial score (nSPS) is 20.7. The lowest BCUT2D eigenvalue weighted by Crippen LogP contribution is -2.52. The molecule has 0 bridgehead atoms. The Morgan fingerprint density at radius 1 is 1.33 bits per heavy atom. The van der Waals surface area contributed by atoms with E-state index < -0.39 is 0 Å². The fourth-order valence-corrected chi connectivity index (χ4v) is 4.39. The van der Waals surface area contributed by atoms with Crippen molar-refractivity contribution in [2.75, 3.05) is 51.3 Å². The monoisotopic (exact) mass is 465 g/mol. The van der Waals surface area contributed by atoms with Gasteiger partial charge in [-0.2, -0.15) is 11.8 Å². The highest BCUT2D eigenvalue weighted by atomic mass is 127. The van der Waals surface area contributed by atoms with Crippen LogP contribution >= 0.6 is 35.7 Å². The van der Waals surface area contributed by atoms with Crippen LogP contribution in [0.15, 0.2) is 21.8 Å². The van der Waals surface area contributed by atoms with Crippen molar-refractivity contribution in [2.24, 2.45) is 10.9 Å². The number of hydrogen-bond acceptors (Lipinski definition) is 5. The average molecular weight is 465 g/mol. The van der Waals surface area contributed by atoms with E-state index in [0.29, 0.717) is 0 Å². The lowest BCUT2D eigenvalue weighted by Gasteiger charge is -2.36. The van der Waals surface area contributed by atoms with Gasteiger partial charge in [-0.25, -0.2) is 0 Å². The van der Waals surface area contributed by atoms with Crippen molar-refractivity contribution in [1.29, 1.82) is 0 Å². The van der Waals surface area contributed by atoms with E-state index in [1.165, 1.54) is 24.3 Å². The molecule has 2 aliphatic rings. The summed E-state index contributed by atoms with van der Waals surface area (Å²) in [5, 5.41) is 7.58. The highest BCUT2D eigenvalue weighted by Gasteiger charge is 2.21. The number of rotatable bonds is 4. The number of piperazine rings is 1. The van der Waals surface area contributed by atoms with E-state index in [0.717, 1.165) is 56.8 Å². The largest absolute Gasteiger partial charge is 0.364 e. The molecule has 0 saturated carbocycles. The molecule has 0 amide bonds. The predicted octanol–water partition coefficient (Wildman–Crippen LogP) is 2.13. The highest BCUT2D eigenvalue weighted by molar-refractivity contribution is 14.0. The first-order valence-electron chi connectivity index (χ1n) is 8.50. The smallest absolute Gasteiger partial charge is 0.193 e. The van der Waals surface area contributed by atoms with Crippen molar-refractivity contribution < 1.29 is 4.52 Å². The van der Waals surface area contributed by atoms with Crippen molar-refractivity contribution in [2.45, 2.75) is 19.4 Å². The van der Waals surface area contributed by atoms with Crippen LogP contribution in [-0.2, 0) is 6.54 Å². The second-order valence-electron chi connectivity index (χ2n) is 6.24. The van der Waals surface area contributed by atoms with Gasteiger partial charge >= 0.3 is 0 Å². The maximum absolute atomic E-state index is 4.90. The van der Waals surface area contributed by atoms with Crippen molar-refractivity contribution in [3.05, 3.63) is 18.0 Å². The van der Waals surface area contributed by atoms with Crippen LogP contribution in [0, 0.1) is 5.92 Å². The fraction of sp³-hybridized carbons (Fsp3) is 0.750. The molecule has 24 heavy (non-hydrogen) atoms. The molecular formula is C16H28IN5OS. The molecule has 3 heterocycles. The minimum Gasteiger partial charge on any atom is -0.364 e. The molecule has 0 unspecified atom stereocenters. The zero-order valence-electron chi connectivity index (χ0n) is 14.3. The number of guanidine groups is 1. The third-order valence-corrected chi connectivity index (χ3v) is 5.70. The van der Waals surface area contributed by atoms with E-state index in [1.54, 1.807) is 6.26 Å². The van der Waals surface area contributed by atoms with Crippen molar-refractivity contribution >= 4 is 41.7 Å². The van der Waals surface area contributed by atoms with E-state index in [4.69, 9.17) is 4.52 Å². The van der Waals surface area contributed by atoms with Crippen molar-refractivity contribution in [3.8, 4) is 0 Å². The van der Waals surface area contributed by atoms with Gasteiger partial charge in [0.15, 0.2) is 5.96 Å². The first-order chi connectivity index (χ1) is 11.3. The number of aromatic nitrogens is 1. The lowest BCUT2D eigenvalue weighted by molar-refractivity contribution is 0.168. The molecule has 2 saturated heterocycles. The maximum atomic E-state index is 4.90. The minimum absolute atomic E-state index is 0. The predicted molar refractivity (Wildman–Crippen MR) is 110 cm³/mol. The number of aliphatic imine (C=N–C) groups is 1. The van der Waals surface area contributed by atoms with Crippen LogP contribution in [0.25, 0.3) is 0 Å². The molecule has 3 rings (SSSR count). The van der Waals surface area contributed by atoms with Gasteiger partial charge in [0.05, 0.1) is 5.69 Å². The van der Waals surface area contributed by atoms with Crippen LogP contribution < -0.4 is 5.32 Å². The Kier molecular flexibility index (Phi) is 8.68. The second-order valence-corrected chi connectivity index (χ2v) is 7.46. The van der Waals surface area contributed by atoms with Crippen molar-refractivity contribution in [3.63, 3.8) is 0 Å². The molecule has 8 heteroatoms. The molecule has 1 aromatic rings. The molecule has 6 nitrogen and oxygen atoms in total. The Bertz CT molecular complexity index is 485. The van der Waals surface area contributed by atoms with Crippen molar-refractivity contribution in [1.82, 2.24) is 20.3 Å². The van der Waals surface area contributed by atoms with Gasteiger partial charge in [0.25, 0.3) is 0 Å². The van der Waals surface area contributed by atoms with Gasteiger partial charge in [-0.3, -0.25) is 9.89 Å². The maximum Gasteiger partial charge on any atom is 0.193 e. The third-order valence-electron chi connectivity index (χ3n) is 4.65. The Hall–Kier alpha value is -0.480. The second kappa shape index (κ2) is 10.5. The van der Waals surface area contributed by atoms with Crippen LogP contribution in [-0.4, -0.2) is 72.2 Å². The lowest BCUT2D eigenvalue weighted by atomic mass is 10.0.